The minimum absolute atomic E-state index is 0.428. The van der Waals surface area contributed by atoms with Crippen LogP contribution >= 0.6 is 0 Å². The Morgan fingerprint density at radius 2 is 2.46 bits per heavy atom. The Kier molecular flexibility index (Phi) is 2.45. The van der Waals surface area contributed by atoms with Gasteiger partial charge < -0.3 is 10.1 Å². The van der Waals surface area contributed by atoms with Gasteiger partial charge in [-0.15, -0.1) is 0 Å². The molecule has 0 aliphatic heterocycles. The molecule has 1 aliphatic carbocycles. The Morgan fingerprint density at radius 1 is 1.62 bits per heavy atom. The van der Waals surface area contributed by atoms with Crippen LogP contribution < -0.4 is 10.1 Å². The van der Waals surface area contributed by atoms with E-state index < -0.39 is 0 Å². The zero-order valence-electron chi connectivity index (χ0n) is 7.79. The minimum atomic E-state index is 0.428. The van der Waals surface area contributed by atoms with Crippen LogP contribution in [0.2, 0.25) is 0 Å². The van der Waals surface area contributed by atoms with E-state index in [-0.39, 0.29) is 0 Å². The molecule has 0 amide bonds. The molecule has 13 heavy (non-hydrogen) atoms. The lowest BCUT2D eigenvalue weighted by Crippen LogP contribution is -2.06. The van der Waals surface area contributed by atoms with Gasteiger partial charge >= 0.3 is 0 Å². The summed E-state index contributed by atoms with van der Waals surface area (Å²) in [6.45, 7) is 0.865. The molecule has 3 nitrogen and oxygen atoms in total. The van der Waals surface area contributed by atoms with Crippen LogP contribution in [0, 0.1) is 0 Å². The molecule has 3 heteroatoms. The van der Waals surface area contributed by atoms with Gasteiger partial charge in [0.1, 0.15) is 6.10 Å². The van der Waals surface area contributed by atoms with E-state index in [1.165, 1.54) is 18.4 Å². The maximum absolute atomic E-state index is 5.57. The molecule has 0 aromatic carbocycles. The molecular formula is C10H14N2O. The van der Waals surface area contributed by atoms with Crippen LogP contribution in [0.4, 0.5) is 0 Å². The zero-order valence-corrected chi connectivity index (χ0v) is 7.79. The van der Waals surface area contributed by atoms with Gasteiger partial charge in [0.2, 0.25) is 5.88 Å². The fourth-order valence-corrected chi connectivity index (χ4v) is 1.19. The molecule has 0 atom stereocenters. The summed E-state index contributed by atoms with van der Waals surface area (Å²) >= 11 is 0. The molecule has 1 N–H and O–H groups in total. The molecule has 70 valence electrons. The Bertz CT molecular complexity index is 284. The number of rotatable bonds is 4. The van der Waals surface area contributed by atoms with Crippen molar-refractivity contribution in [3.63, 3.8) is 0 Å². The molecule has 0 radical (unpaired) electrons. The molecule has 1 aliphatic rings. The summed E-state index contributed by atoms with van der Waals surface area (Å²) < 4.78 is 5.57. The van der Waals surface area contributed by atoms with Crippen molar-refractivity contribution in [1.29, 1.82) is 0 Å². The molecule has 1 heterocycles. The highest BCUT2D eigenvalue weighted by Crippen LogP contribution is 2.25. The SMILES string of the molecule is CNCc1ccnc(OC2CC2)c1. The van der Waals surface area contributed by atoms with Gasteiger partial charge in [0.25, 0.3) is 0 Å². The first kappa shape index (κ1) is 8.51. The third kappa shape index (κ3) is 2.42. The van der Waals surface area contributed by atoms with E-state index in [1.54, 1.807) is 6.20 Å². The van der Waals surface area contributed by atoms with Gasteiger partial charge in [-0.2, -0.15) is 0 Å². The minimum Gasteiger partial charge on any atom is -0.474 e. The second-order valence-corrected chi connectivity index (χ2v) is 3.35. The van der Waals surface area contributed by atoms with Crippen LogP contribution in [0.5, 0.6) is 5.88 Å². The van der Waals surface area contributed by atoms with Crippen molar-refractivity contribution < 1.29 is 4.74 Å². The van der Waals surface area contributed by atoms with Crippen LogP contribution in [0.15, 0.2) is 18.3 Å². The number of pyridine rings is 1. The molecule has 1 aromatic heterocycles. The summed E-state index contributed by atoms with van der Waals surface area (Å²) in [5, 5.41) is 3.10. The van der Waals surface area contributed by atoms with Gasteiger partial charge in [-0.25, -0.2) is 4.98 Å². The van der Waals surface area contributed by atoms with E-state index in [4.69, 9.17) is 4.74 Å². The molecule has 0 bridgehead atoms. The average molecular weight is 178 g/mol. The highest BCUT2D eigenvalue weighted by atomic mass is 16.5. The van der Waals surface area contributed by atoms with Crippen molar-refractivity contribution in [1.82, 2.24) is 10.3 Å². The van der Waals surface area contributed by atoms with E-state index in [1.807, 2.05) is 19.2 Å². The lowest BCUT2D eigenvalue weighted by molar-refractivity contribution is 0.290. The van der Waals surface area contributed by atoms with Gasteiger partial charge in [0.15, 0.2) is 0 Å². The Balaban J connectivity index is 2.02. The summed E-state index contributed by atoms with van der Waals surface area (Å²) in [7, 11) is 1.93. The van der Waals surface area contributed by atoms with Gasteiger partial charge in [0, 0.05) is 18.8 Å². The number of ether oxygens (including phenoxy) is 1. The Morgan fingerprint density at radius 3 is 3.15 bits per heavy atom. The molecule has 2 rings (SSSR count). The summed E-state index contributed by atoms with van der Waals surface area (Å²) in [4.78, 5) is 4.15. The third-order valence-corrected chi connectivity index (χ3v) is 1.99. The van der Waals surface area contributed by atoms with Crippen molar-refractivity contribution in [2.45, 2.75) is 25.5 Å². The molecule has 0 unspecified atom stereocenters. The van der Waals surface area contributed by atoms with Crippen molar-refractivity contribution in [3.8, 4) is 5.88 Å². The van der Waals surface area contributed by atoms with Crippen molar-refractivity contribution in [3.05, 3.63) is 23.9 Å². The highest BCUT2D eigenvalue weighted by Gasteiger charge is 2.23. The van der Waals surface area contributed by atoms with Crippen molar-refractivity contribution in [2.75, 3.05) is 7.05 Å². The summed E-state index contributed by atoms with van der Waals surface area (Å²) in [5.41, 5.74) is 1.22. The summed E-state index contributed by atoms with van der Waals surface area (Å²) in [5.74, 6) is 0.759. The van der Waals surface area contributed by atoms with E-state index in [0.29, 0.717) is 6.10 Å². The van der Waals surface area contributed by atoms with Crippen LogP contribution in [0.3, 0.4) is 0 Å². The molecular weight excluding hydrogens is 164 g/mol. The largest absolute Gasteiger partial charge is 0.474 e. The van der Waals surface area contributed by atoms with Crippen LogP contribution in [0.1, 0.15) is 18.4 Å². The van der Waals surface area contributed by atoms with Crippen LogP contribution in [-0.2, 0) is 6.54 Å². The van der Waals surface area contributed by atoms with E-state index in [9.17, 15) is 0 Å². The summed E-state index contributed by atoms with van der Waals surface area (Å²) in [6, 6.07) is 3.99. The van der Waals surface area contributed by atoms with E-state index >= 15 is 0 Å². The Labute approximate surface area is 78.1 Å². The van der Waals surface area contributed by atoms with Crippen molar-refractivity contribution >= 4 is 0 Å². The third-order valence-electron chi connectivity index (χ3n) is 1.99. The first-order valence-electron chi connectivity index (χ1n) is 4.64. The highest BCUT2D eigenvalue weighted by molar-refractivity contribution is 5.20. The first-order chi connectivity index (χ1) is 6.38. The second kappa shape index (κ2) is 3.75. The summed E-state index contributed by atoms with van der Waals surface area (Å²) in [6.07, 6.45) is 4.58. The molecule has 0 saturated heterocycles. The number of hydrogen-bond acceptors (Lipinski definition) is 3. The fraction of sp³-hybridized carbons (Fsp3) is 0.500. The van der Waals surface area contributed by atoms with E-state index in [0.717, 1.165) is 12.4 Å². The van der Waals surface area contributed by atoms with Gasteiger partial charge in [-0.3, -0.25) is 0 Å². The Hall–Kier alpha value is -1.09. The quantitative estimate of drug-likeness (QED) is 0.755. The molecule has 1 saturated carbocycles. The van der Waals surface area contributed by atoms with Gasteiger partial charge in [-0.05, 0) is 31.5 Å². The normalized spacial score (nSPS) is 15.8. The number of nitrogens with zero attached hydrogens (tertiary/aromatic N) is 1. The second-order valence-electron chi connectivity index (χ2n) is 3.35. The van der Waals surface area contributed by atoms with E-state index in [2.05, 4.69) is 10.3 Å². The monoisotopic (exact) mass is 178 g/mol. The van der Waals surface area contributed by atoms with Gasteiger partial charge in [0.05, 0.1) is 0 Å². The molecule has 0 spiro atoms. The zero-order chi connectivity index (χ0) is 9.10. The predicted molar refractivity (Wildman–Crippen MR) is 50.7 cm³/mol. The smallest absolute Gasteiger partial charge is 0.213 e. The fourth-order valence-electron chi connectivity index (χ4n) is 1.19. The lowest BCUT2D eigenvalue weighted by Gasteiger charge is -2.04. The number of hydrogen-bond donors (Lipinski definition) is 1. The van der Waals surface area contributed by atoms with Crippen LogP contribution in [-0.4, -0.2) is 18.1 Å². The topological polar surface area (TPSA) is 34.2 Å². The van der Waals surface area contributed by atoms with Crippen molar-refractivity contribution in [2.24, 2.45) is 0 Å². The first-order valence-corrected chi connectivity index (χ1v) is 4.64. The maximum Gasteiger partial charge on any atom is 0.213 e. The lowest BCUT2D eigenvalue weighted by atomic mass is 10.3. The molecule has 1 fully saturated rings. The van der Waals surface area contributed by atoms with Gasteiger partial charge in [-0.1, -0.05) is 0 Å². The number of nitrogens with one attached hydrogen (secondary N) is 1. The average Bonchev–Trinajstić information content (AvgIpc) is 2.90. The molecule has 1 aromatic rings. The standard InChI is InChI=1S/C10H14N2O/c1-11-7-8-4-5-12-10(6-8)13-9-2-3-9/h4-6,9,11H,2-3,7H2,1H3. The predicted octanol–water partition coefficient (Wildman–Crippen LogP) is 1.34. The van der Waals surface area contributed by atoms with Crippen LogP contribution in [0.25, 0.3) is 0 Å². The maximum atomic E-state index is 5.57. The number of aromatic nitrogens is 1.